The van der Waals surface area contributed by atoms with E-state index < -0.39 is 8.80 Å². The fraction of sp³-hybridized carbons (Fsp3) is 0.636. The molecule has 0 aliphatic carbocycles. The lowest BCUT2D eigenvalue weighted by atomic mass is 9.77. The summed E-state index contributed by atoms with van der Waals surface area (Å²) in [6, 6.07) is 15.4. The normalized spacial score (nSPS) is 16.0. The second kappa shape index (κ2) is 16.5. The van der Waals surface area contributed by atoms with Gasteiger partial charge in [0.25, 0.3) is 0 Å². The van der Waals surface area contributed by atoms with Gasteiger partial charge in [-0.2, -0.15) is 0 Å². The molecule has 0 aromatic heterocycles. The van der Waals surface area contributed by atoms with Crippen LogP contribution in [0.4, 0.5) is 0 Å². The van der Waals surface area contributed by atoms with Crippen LogP contribution in [0.2, 0.25) is 12.1 Å². The first-order valence-corrected chi connectivity index (χ1v) is 19.1. The van der Waals surface area contributed by atoms with Crippen LogP contribution in [0.25, 0.3) is 0 Å². The first kappa shape index (κ1) is 34.1. The van der Waals surface area contributed by atoms with E-state index in [1.807, 2.05) is 20.8 Å². The molecule has 2 aromatic rings. The van der Waals surface area contributed by atoms with Crippen LogP contribution >= 0.6 is 0 Å². The molecule has 0 saturated heterocycles. The molecule has 0 bridgehead atoms. The highest BCUT2D eigenvalue weighted by Crippen LogP contribution is 2.38. The third-order valence-corrected chi connectivity index (χ3v) is 12.4. The number of nitrogens with zero attached hydrogens (tertiary/aromatic N) is 2. The first-order valence-electron chi connectivity index (χ1n) is 16.1. The van der Waals surface area contributed by atoms with Gasteiger partial charge >= 0.3 is 8.80 Å². The van der Waals surface area contributed by atoms with Crippen LogP contribution in [0.5, 0.6) is 11.5 Å². The Morgan fingerprint density at radius 1 is 0.744 bits per heavy atom. The Kier molecular flexibility index (Phi) is 13.1. The smallest absolute Gasteiger partial charge is 0.478 e. The van der Waals surface area contributed by atoms with Crippen LogP contribution in [0, 0.1) is 0 Å². The number of hydrogen-bond donors (Lipinski definition) is 0. The topological polar surface area (TPSA) is 61.9 Å². The van der Waals surface area contributed by atoms with Crippen LogP contribution < -0.4 is 9.47 Å². The van der Waals surface area contributed by atoms with Gasteiger partial charge in [-0.15, -0.1) is 0 Å². The van der Waals surface area contributed by atoms with Crippen molar-refractivity contribution in [2.75, 3.05) is 53.0 Å². The van der Waals surface area contributed by atoms with Gasteiger partial charge in [-0.25, -0.2) is 0 Å². The van der Waals surface area contributed by atoms with Gasteiger partial charge in [0.2, 0.25) is 9.76 Å². The molecule has 0 spiro atoms. The molecular weight excluding hydrogens is 577 g/mol. The van der Waals surface area contributed by atoms with Crippen LogP contribution in [0.15, 0.2) is 36.4 Å². The molecule has 0 fully saturated rings. The quantitative estimate of drug-likeness (QED) is 0.143. The second-order valence-electron chi connectivity index (χ2n) is 11.7. The predicted molar refractivity (Wildman–Crippen MR) is 174 cm³/mol. The third-order valence-electron chi connectivity index (χ3n) is 8.21. The monoisotopic (exact) mass is 628 g/mol. The van der Waals surface area contributed by atoms with Crippen LogP contribution in [-0.4, -0.2) is 81.3 Å². The van der Waals surface area contributed by atoms with Gasteiger partial charge in [0.1, 0.15) is 25.0 Å². The minimum atomic E-state index is -2.63. The molecule has 238 valence electrons. The molecule has 2 aliphatic heterocycles. The molecule has 43 heavy (non-hydrogen) atoms. The molecule has 0 saturated carbocycles. The van der Waals surface area contributed by atoms with E-state index in [4.69, 9.17) is 27.2 Å². The fourth-order valence-electron chi connectivity index (χ4n) is 5.88. The Balaban J connectivity index is 1.39. The van der Waals surface area contributed by atoms with Crippen molar-refractivity contribution in [3.05, 3.63) is 58.7 Å². The van der Waals surface area contributed by atoms with Gasteiger partial charge in [-0.1, -0.05) is 26.0 Å². The highest BCUT2D eigenvalue weighted by molar-refractivity contribution is 6.60. The van der Waals surface area contributed by atoms with Crippen molar-refractivity contribution in [2.24, 2.45) is 0 Å². The molecule has 10 heteroatoms. The van der Waals surface area contributed by atoms with Gasteiger partial charge in [0.15, 0.2) is 0 Å². The molecule has 2 aliphatic rings. The Morgan fingerprint density at radius 2 is 1.26 bits per heavy atom. The summed E-state index contributed by atoms with van der Waals surface area (Å²) < 4.78 is 36.0. The van der Waals surface area contributed by atoms with Crippen molar-refractivity contribution in [1.82, 2.24) is 9.80 Å². The van der Waals surface area contributed by atoms with E-state index in [2.05, 4.69) is 67.0 Å². The molecule has 0 unspecified atom stereocenters. The minimum absolute atomic E-state index is 0.162. The summed E-state index contributed by atoms with van der Waals surface area (Å²) in [4.78, 5) is 4.76. The summed E-state index contributed by atoms with van der Waals surface area (Å²) in [7, 11) is -2.04. The molecule has 0 amide bonds. The summed E-state index contributed by atoms with van der Waals surface area (Å²) >= 11 is 0. The molecular formula is C33H52N2O6Si2. The van der Waals surface area contributed by atoms with Gasteiger partial charge < -0.3 is 27.2 Å². The van der Waals surface area contributed by atoms with E-state index in [9.17, 15) is 0 Å². The van der Waals surface area contributed by atoms with Gasteiger partial charge in [-0.3, -0.25) is 9.80 Å². The van der Waals surface area contributed by atoms with Gasteiger partial charge in [-0.05, 0) is 82.0 Å². The number of ether oxygens (including phenoxy) is 2. The number of fused-ring (bicyclic) bond motifs is 2. The van der Waals surface area contributed by atoms with Crippen molar-refractivity contribution >= 4 is 18.6 Å². The van der Waals surface area contributed by atoms with Crippen molar-refractivity contribution in [3.63, 3.8) is 0 Å². The van der Waals surface area contributed by atoms with E-state index in [-0.39, 0.29) is 5.41 Å². The molecule has 2 heterocycles. The summed E-state index contributed by atoms with van der Waals surface area (Å²) in [5.41, 5.74) is 4.93. The van der Waals surface area contributed by atoms with Crippen LogP contribution in [0.1, 0.15) is 76.6 Å². The molecule has 2 radical (unpaired) electrons. The van der Waals surface area contributed by atoms with E-state index >= 15 is 0 Å². The summed E-state index contributed by atoms with van der Waals surface area (Å²) in [5.74, 6) is 1.99. The first-order chi connectivity index (χ1) is 20.8. The summed E-state index contributed by atoms with van der Waals surface area (Å²) in [5, 5.41) is 0. The second-order valence-corrected chi connectivity index (χ2v) is 15.5. The van der Waals surface area contributed by atoms with E-state index in [1.54, 1.807) is 0 Å². The Hall–Kier alpha value is -1.77. The van der Waals surface area contributed by atoms with Gasteiger partial charge in [0, 0.05) is 75.2 Å². The lowest BCUT2D eigenvalue weighted by Gasteiger charge is -2.34. The van der Waals surface area contributed by atoms with Crippen molar-refractivity contribution in [3.8, 4) is 11.5 Å². The fourth-order valence-corrected chi connectivity index (χ4v) is 9.13. The van der Waals surface area contributed by atoms with Crippen LogP contribution in [0.3, 0.4) is 0 Å². The number of hydrogen-bond acceptors (Lipinski definition) is 8. The van der Waals surface area contributed by atoms with Crippen molar-refractivity contribution in [1.29, 1.82) is 0 Å². The minimum Gasteiger partial charge on any atom is -0.478 e. The molecule has 0 atom stereocenters. The summed E-state index contributed by atoms with van der Waals surface area (Å²) in [6.07, 6.45) is 2.07. The third kappa shape index (κ3) is 9.14. The standard InChI is InChI=1S/C33H52N2O6Si2/c1-7-38-42-19-11-17-34-23-27-21-29(13-15-31(27)36-25-34)33(5,6)30-14-16-32-28(22-30)24-35(26-37-32)18-12-20-43(39-8-2,40-9-3)41-10-4/h13-16,21-22H,7-12,17-20,23-26H2,1-6H3. The van der Waals surface area contributed by atoms with E-state index in [0.29, 0.717) is 43.0 Å². The highest BCUT2D eigenvalue weighted by Gasteiger charge is 2.40. The lowest BCUT2D eigenvalue weighted by molar-refractivity contribution is 0.0653. The SMILES string of the molecule is CCO[Si]CCCN1COc2ccc(C(C)(C)c3ccc4c(c3)CN(CCC[Si](OCC)(OCC)OCC)CO4)cc2C1. The zero-order chi connectivity index (χ0) is 30.7. The lowest BCUT2D eigenvalue weighted by Crippen LogP contribution is -2.46. The maximum Gasteiger partial charge on any atom is 0.500 e. The average molecular weight is 629 g/mol. The Bertz CT molecular complexity index is 1130. The maximum absolute atomic E-state index is 6.19. The highest BCUT2D eigenvalue weighted by atomic mass is 28.4. The summed E-state index contributed by atoms with van der Waals surface area (Å²) in [6.45, 7) is 20.3. The number of rotatable bonds is 18. The van der Waals surface area contributed by atoms with Crippen LogP contribution in [-0.2, 0) is 36.2 Å². The average Bonchev–Trinajstić information content (AvgIpc) is 3.00. The maximum atomic E-state index is 6.19. The molecule has 0 N–H and O–H groups in total. The van der Waals surface area contributed by atoms with Crippen molar-refractivity contribution < 1.29 is 27.2 Å². The largest absolute Gasteiger partial charge is 0.500 e. The number of benzene rings is 2. The van der Waals surface area contributed by atoms with Crippen molar-refractivity contribution in [2.45, 2.75) is 85.0 Å². The van der Waals surface area contributed by atoms with Gasteiger partial charge in [0.05, 0.1) is 0 Å². The predicted octanol–water partition coefficient (Wildman–Crippen LogP) is 6.22. The Labute approximate surface area is 263 Å². The Morgan fingerprint density at radius 3 is 1.74 bits per heavy atom. The molecule has 8 nitrogen and oxygen atoms in total. The van der Waals surface area contributed by atoms with E-state index in [1.165, 1.54) is 22.3 Å². The zero-order valence-electron chi connectivity index (χ0n) is 27.2. The zero-order valence-corrected chi connectivity index (χ0v) is 29.2. The molecule has 4 rings (SSSR count). The molecule has 2 aromatic carbocycles. The van der Waals surface area contributed by atoms with E-state index in [0.717, 1.165) is 69.2 Å².